The van der Waals surface area contributed by atoms with Gasteiger partial charge in [-0.25, -0.2) is 4.98 Å². The van der Waals surface area contributed by atoms with Crippen LogP contribution in [0.2, 0.25) is 5.15 Å². The maximum atomic E-state index is 5.78. The van der Waals surface area contributed by atoms with Gasteiger partial charge in [0.05, 0.1) is 12.1 Å². The lowest BCUT2D eigenvalue weighted by atomic mass is 10.1. The summed E-state index contributed by atoms with van der Waals surface area (Å²) in [5.74, 6) is 0. The molecule has 0 unspecified atom stereocenters. The standard InChI is InChI=1S/C11H10ClNO/c1-14-7-8-2-4-10-9(6-8)3-5-11(12)13-10/h2-6H,7H2,1H3. The van der Waals surface area contributed by atoms with Gasteiger partial charge in [-0.1, -0.05) is 17.7 Å². The molecule has 0 saturated carbocycles. The van der Waals surface area contributed by atoms with Gasteiger partial charge >= 0.3 is 0 Å². The molecule has 0 bridgehead atoms. The summed E-state index contributed by atoms with van der Waals surface area (Å²) in [6.45, 7) is 0.624. The van der Waals surface area contributed by atoms with Gasteiger partial charge in [-0.2, -0.15) is 0 Å². The van der Waals surface area contributed by atoms with Crippen LogP contribution in [0.5, 0.6) is 0 Å². The van der Waals surface area contributed by atoms with Gasteiger partial charge in [0.2, 0.25) is 0 Å². The summed E-state index contributed by atoms with van der Waals surface area (Å²) < 4.78 is 5.05. The molecule has 2 nitrogen and oxygen atoms in total. The number of rotatable bonds is 2. The molecule has 2 aromatic rings. The molecule has 0 N–H and O–H groups in total. The van der Waals surface area contributed by atoms with Crippen LogP contribution in [-0.4, -0.2) is 12.1 Å². The van der Waals surface area contributed by atoms with Gasteiger partial charge in [-0.15, -0.1) is 0 Å². The van der Waals surface area contributed by atoms with Crippen molar-refractivity contribution >= 4 is 22.5 Å². The predicted octanol–water partition coefficient (Wildman–Crippen LogP) is 3.03. The molecule has 0 spiro atoms. The van der Waals surface area contributed by atoms with Gasteiger partial charge in [-0.3, -0.25) is 0 Å². The van der Waals surface area contributed by atoms with E-state index in [-0.39, 0.29) is 0 Å². The van der Waals surface area contributed by atoms with E-state index in [1.54, 1.807) is 13.2 Å². The molecule has 0 aliphatic heterocycles. The molecule has 0 aliphatic rings. The third-order valence-corrected chi connectivity index (χ3v) is 2.24. The van der Waals surface area contributed by atoms with Gasteiger partial charge in [-0.05, 0) is 29.8 Å². The lowest BCUT2D eigenvalue weighted by Crippen LogP contribution is -1.88. The largest absolute Gasteiger partial charge is 0.380 e. The zero-order chi connectivity index (χ0) is 9.97. The lowest BCUT2D eigenvalue weighted by molar-refractivity contribution is 0.185. The minimum Gasteiger partial charge on any atom is -0.380 e. The normalized spacial score (nSPS) is 10.7. The highest BCUT2D eigenvalue weighted by atomic mass is 35.5. The van der Waals surface area contributed by atoms with E-state index in [2.05, 4.69) is 11.1 Å². The molecule has 0 amide bonds. The van der Waals surface area contributed by atoms with Crippen molar-refractivity contribution in [3.05, 3.63) is 41.0 Å². The van der Waals surface area contributed by atoms with Crippen LogP contribution in [0.3, 0.4) is 0 Å². The molecular formula is C11H10ClNO. The van der Waals surface area contributed by atoms with E-state index in [4.69, 9.17) is 16.3 Å². The fourth-order valence-corrected chi connectivity index (χ4v) is 1.56. The van der Waals surface area contributed by atoms with Crippen molar-refractivity contribution in [1.82, 2.24) is 4.98 Å². The van der Waals surface area contributed by atoms with E-state index in [0.29, 0.717) is 11.8 Å². The van der Waals surface area contributed by atoms with Crippen LogP contribution in [0.1, 0.15) is 5.56 Å². The molecule has 14 heavy (non-hydrogen) atoms. The second-order valence-corrected chi connectivity index (χ2v) is 3.48. The summed E-state index contributed by atoms with van der Waals surface area (Å²) in [5.41, 5.74) is 2.06. The van der Waals surface area contributed by atoms with Crippen molar-refractivity contribution in [2.24, 2.45) is 0 Å². The maximum absolute atomic E-state index is 5.78. The average Bonchev–Trinajstić information content (AvgIpc) is 2.19. The average molecular weight is 208 g/mol. The third-order valence-electron chi connectivity index (χ3n) is 2.03. The molecule has 0 radical (unpaired) electrons. The van der Waals surface area contributed by atoms with Crippen LogP contribution in [0.4, 0.5) is 0 Å². The second kappa shape index (κ2) is 3.95. The van der Waals surface area contributed by atoms with E-state index in [0.717, 1.165) is 16.5 Å². The SMILES string of the molecule is COCc1ccc2nc(Cl)ccc2c1. The van der Waals surface area contributed by atoms with E-state index in [1.807, 2.05) is 18.2 Å². The number of aromatic nitrogens is 1. The minimum absolute atomic E-state index is 0.525. The first-order chi connectivity index (χ1) is 6.79. The topological polar surface area (TPSA) is 22.1 Å². The fourth-order valence-electron chi connectivity index (χ4n) is 1.41. The third kappa shape index (κ3) is 1.86. The van der Waals surface area contributed by atoms with Crippen LogP contribution in [0.25, 0.3) is 10.9 Å². The summed E-state index contributed by atoms with van der Waals surface area (Å²) in [5, 5.41) is 1.61. The lowest BCUT2D eigenvalue weighted by Gasteiger charge is -2.02. The van der Waals surface area contributed by atoms with Crippen LogP contribution in [-0.2, 0) is 11.3 Å². The minimum atomic E-state index is 0.525. The van der Waals surface area contributed by atoms with Gasteiger partial charge < -0.3 is 4.74 Å². The number of pyridine rings is 1. The smallest absolute Gasteiger partial charge is 0.129 e. The van der Waals surface area contributed by atoms with Crippen molar-refractivity contribution in [2.75, 3.05) is 7.11 Å². The van der Waals surface area contributed by atoms with Crippen LogP contribution < -0.4 is 0 Å². The van der Waals surface area contributed by atoms with Crippen molar-refractivity contribution in [3.8, 4) is 0 Å². The van der Waals surface area contributed by atoms with Gasteiger partial charge in [0.25, 0.3) is 0 Å². The molecule has 0 atom stereocenters. The number of hydrogen-bond donors (Lipinski definition) is 0. The molecule has 0 aliphatic carbocycles. The van der Waals surface area contributed by atoms with E-state index in [1.165, 1.54) is 0 Å². The Morgan fingerprint density at radius 3 is 2.93 bits per heavy atom. The summed E-state index contributed by atoms with van der Waals surface area (Å²) in [6.07, 6.45) is 0. The van der Waals surface area contributed by atoms with E-state index in [9.17, 15) is 0 Å². The number of fused-ring (bicyclic) bond motifs is 1. The molecule has 1 aromatic heterocycles. The van der Waals surface area contributed by atoms with Crippen molar-refractivity contribution in [1.29, 1.82) is 0 Å². The van der Waals surface area contributed by atoms with Crippen LogP contribution in [0.15, 0.2) is 30.3 Å². The maximum Gasteiger partial charge on any atom is 0.129 e. The summed E-state index contributed by atoms with van der Waals surface area (Å²) in [4.78, 5) is 4.20. The number of hydrogen-bond acceptors (Lipinski definition) is 2. The Kier molecular flexibility index (Phi) is 2.66. The summed E-state index contributed by atoms with van der Waals surface area (Å²) in [7, 11) is 1.68. The summed E-state index contributed by atoms with van der Waals surface area (Å²) in [6, 6.07) is 9.76. The second-order valence-electron chi connectivity index (χ2n) is 3.09. The molecule has 72 valence electrons. The van der Waals surface area contributed by atoms with Gasteiger partial charge in [0.15, 0.2) is 0 Å². The Morgan fingerprint density at radius 1 is 1.29 bits per heavy atom. The fraction of sp³-hybridized carbons (Fsp3) is 0.182. The van der Waals surface area contributed by atoms with E-state index >= 15 is 0 Å². The van der Waals surface area contributed by atoms with Crippen molar-refractivity contribution in [2.45, 2.75) is 6.61 Å². The number of ether oxygens (including phenoxy) is 1. The Hall–Kier alpha value is -1.12. The highest BCUT2D eigenvalue weighted by molar-refractivity contribution is 6.29. The number of nitrogens with zero attached hydrogens (tertiary/aromatic N) is 1. The van der Waals surface area contributed by atoms with Gasteiger partial charge in [0, 0.05) is 12.5 Å². The van der Waals surface area contributed by atoms with E-state index < -0.39 is 0 Å². The van der Waals surface area contributed by atoms with Crippen LogP contribution >= 0.6 is 11.6 Å². The molecular weight excluding hydrogens is 198 g/mol. The monoisotopic (exact) mass is 207 g/mol. The zero-order valence-corrected chi connectivity index (χ0v) is 8.58. The zero-order valence-electron chi connectivity index (χ0n) is 7.83. The summed E-state index contributed by atoms with van der Waals surface area (Å²) >= 11 is 5.78. The molecule has 1 heterocycles. The quantitative estimate of drug-likeness (QED) is 0.707. The first kappa shape index (κ1) is 9.44. The number of halogens is 1. The van der Waals surface area contributed by atoms with Crippen molar-refractivity contribution < 1.29 is 4.74 Å². The Morgan fingerprint density at radius 2 is 2.14 bits per heavy atom. The van der Waals surface area contributed by atoms with Crippen molar-refractivity contribution in [3.63, 3.8) is 0 Å². The molecule has 0 saturated heterocycles. The highest BCUT2D eigenvalue weighted by Gasteiger charge is 1.98. The van der Waals surface area contributed by atoms with Gasteiger partial charge in [0.1, 0.15) is 5.15 Å². The first-order valence-corrected chi connectivity index (χ1v) is 4.71. The predicted molar refractivity (Wildman–Crippen MR) is 57.5 cm³/mol. The molecule has 0 fully saturated rings. The molecule has 2 rings (SSSR count). The molecule has 1 aromatic carbocycles. The molecule has 3 heteroatoms. The van der Waals surface area contributed by atoms with Crippen LogP contribution in [0, 0.1) is 0 Å². The first-order valence-electron chi connectivity index (χ1n) is 4.34. The Bertz CT molecular complexity index is 456. The Balaban J connectivity index is 2.50. The Labute approximate surface area is 87.5 Å². The number of benzene rings is 1. The number of methoxy groups -OCH3 is 1. The highest BCUT2D eigenvalue weighted by Crippen LogP contribution is 2.17.